The Balaban J connectivity index is 1.44. The van der Waals surface area contributed by atoms with E-state index in [2.05, 4.69) is 5.32 Å². The van der Waals surface area contributed by atoms with E-state index in [4.69, 9.17) is 28.4 Å². The molecule has 1 saturated heterocycles. The minimum absolute atomic E-state index is 0.00231. The van der Waals surface area contributed by atoms with Gasteiger partial charge in [0.25, 0.3) is 0 Å². The van der Waals surface area contributed by atoms with Gasteiger partial charge in [-0.05, 0) is 42.7 Å². The van der Waals surface area contributed by atoms with Gasteiger partial charge >= 0.3 is 30.0 Å². The summed E-state index contributed by atoms with van der Waals surface area (Å²) in [4.78, 5) is 81.0. The van der Waals surface area contributed by atoms with Crippen LogP contribution in [0.2, 0.25) is 0 Å². The normalized spacial score (nSPS) is 32.7. The quantitative estimate of drug-likeness (QED) is 0.154. The van der Waals surface area contributed by atoms with Crippen molar-refractivity contribution in [3.8, 4) is 0 Å². The monoisotopic (exact) mass is 807 g/mol. The van der Waals surface area contributed by atoms with Gasteiger partial charge in [0.1, 0.15) is 30.5 Å². The zero-order valence-corrected chi connectivity index (χ0v) is 33.1. The number of esters is 4. The molecule has 3 fully saturated rings. The lowest BCUT2D eigenvalue weighted by Gasteiger charge is -2.67. The standard InChI is InChI=1S/C42H49NO15/c1-22-28(56-37(50)27(46)19-43-38(51)53-20-25-13-9-7-10-14-25)18-42(52)35(57-36(49)26-15-11-8-12-16-26)33-40(6,29(47)17-30-41(33,21-54-30)58-24(3)45)34(48)32(55-23(2)44)31(22)39(42,4)5/h7-16,27-30,32-33,35,46-47,52H,17-21H2,1-6H3,(H,43,51)/t27-,28+,29+,30-,32-,33+,35+,40-,41+,42-/m1/s1. The van der Waals surface area contributed by atoms with Gasteiger partial charge < -0.3 is 49.1 Å². The predicted octanol–water partition coefficient (Wildman–Crippen LogP) is 2.49. The highest BCUT2D eigenvalue weighted by molar-refractivity contribution is 5.95. The number of amides is 1. The minimum atomic E-state index is -2.36. The molecule has 10 atom stereocenters. The van der Waals surface area contributed by atoms with Crippen LogP contribution in [0.3, 0.4) is 0 Å². The molecule has 3 aliphatic carbocycles. The summed E-state index contributed by atoms with van der Waals surface area (Å²) in [6.45, 7) is 7.21. The van der Waals surface area contributed by atoms with Crippen LogP contribution in [-0.2, 0) is 54.2 Å². The number of nitrogens with one attached hydrogen (secondary N) is 1. The SMILES string of the molecule is CC(=O)O[C@H]1C(=O)[C@@]2(C)[C@H]([C@H](OC(=O)c3ccccc3)[C@]3(O)C[C@H](OC(=O)[C@H](O)CNC(=O)OCc4ccccc4)C(C)=C1C3(C)C)[C@]1(OC(C)=O)CO[C@@H]1C[C@@H]2O. The van der Waals surface area contributed by atoms with Gasteiger partial charge in [0.2, 0.25) is 0 Å². The molecule has 2 aromatic carbocycles. The number of carbonyl (C=O) groups excluding carboxylic acids is 6. The van der Waals surface area contributed by atoms with Gasteiger partial charge in [-0.15, -0.1) is 0 Å². The number of hydrogen-bond acceptors (Lipinski definition) is 15. The lowest BCUT2D eigenvalue weighted by Crippen LogP contribution is -2.82. The molecule has 4 N–H and O–H groups in total. The van der Waals surface area contributed by atoms with Crippen molar-refractivity contribution >= 4 is 35.8 Å². The van der Waals surface area contributed by atoms with Gasteiger partial charge in [-0.1, -0.05) is 62.4 Å². The van der Waals surface area contributed by atoms with Crippen molar-refractivity contribution in [1.29, 1.82) is 0 Å². The Labute approximate surface area is 334 Å². The largest absolute Gasteiger partial charge is 0.456 e. The van der Waals surface area contributed by atoms with Crippen molar-refractivity contribution in [2.24, 2.45) is 16.7 Å². The molecule has 2 bridgehead atoms. The number of alkyl carbamates (subject to hydrolysis) is 1. The fourth-order valence-electron chi connectivity index (χ4n) is 9.27. The maximum atomic E-state index is 15.3. The number of Topliss-reactive ketones (excluding diaryl/α,β-unsaturated/α-hetero) is 1. The third-order valence-corrected chi connectivity index (χ3v) is 12.4. The van der Waals surface area contributed by atoms with Crippen molar-refractivity contribution in [1.82, 2.24) is 5.32 Å². The average molecular weight is 808 g/mol. The molecule has 1 heterocycles. The van der Waals surface area contributed by atoms with E-state index >= 15 is 4.79 Å². The highest BCUT2D eigenvalue weighted by Crippen LogP contribution is 2.64. The highest BCUT2D eigenvalue weighted by atomic mass is 16.6. The maximum absolute atomic E-state index is 15.3. The number of hydrogen-bond donors (Lipinski definition) is 4. The molecule has 16 heteroatoms. The summed E-state index contributed by atoms with van der Waals surface area (Å²) >= 11 is 0. The Hall–Kier alpha value is -5.16. The Morgan fingerprint density at radius 1 is 0.931 bits per heavy atom. The second kappa shape index (κ2) is 15.9. The second-order valence-corrected chi connectivity index (χ2v) is 16.1. The molecule has 58 heavy (non-hydrogen) atoms. The lowest BCUT2D eigenvalue weighted by molar-refractivity contribution is -0.346. The molecule has 0 aromatic heterocycles. The maximum Gasteiger partial charge on any atom is 0.407 e. The molecule has 312 valence electrons. The summed E-state index contributed by atoms with van der Waals surface area (Å²) in [6, 6.07) is 16.6. The van der Waals surface area contributed by atoms with Crippen LogP contribution in [0.1, 0.15) is 70.3 Å². The number of ether oxygens (including phenoxy) is 6. The number of rotatable bonds is 10. The summed E-state index contributed by atoms with van der Waals surface area (Å²) < 4.78 is 34.9. The fraction of sp³-hybridized carbons (Fsp3) is 0.524. The number of carbonyl (C=O) groups is 6. The van der Waals surface area contributed by atoms with E-state index in [0.29, 0.717) is 5.56 Å². The first-order valence-corrected chi connectivity index (χ1v) is 19.0. The number of aliphatic hydroxyl groups excluding tert-OH is 2. The molecule has 2 aromatic rings. The van der Waals surface area contributed by atoms with E-state index in [1.54, 1.807) is 62.4 Å². The summed E-state index contributed by atoms with van der Waals surface area (Å²) in [5.41, 5.74) is -6.85. The van der Waals surface area contributed by atoms with Gasteiger partial charge in [0.05, 0.1) is 36.2 Å². The van der Waals surface area contributed by atoms with Crippen LogP contribution in [0.4, 0.5) is 4.79 Å². The first kappa shape index (κ1) is 42.4. The van der Waals surface area contributed by atoms with Gasteiger partial charge in [-0.25, -0.2) is 14.4 Å². The molecule has 0 radical (unpaired) electrons. The molecule has 0 unspecified atom stereocenters. The summed E-state index contributed by atoms with van der Waals surface area (Å²) in [6.07, 6.45) is -11.2. The van der Waals surface area contributed by atoms with Gasteiger partial charge in [-0.2, -0.15) is 0 Å². The number of ketones is 1. The van der Waals surface area contributed by atoms with Crippen LogP contribution in [-0.4, -0.2) is 112 Å². The van der Waals surface area contributed by atoms with Gasteiger partial charge in [0.15, 0.2) is 23.6 Å². The Morgan fingerprint density at radius 2 is 1.57 bits per heavy atom. The Morgan fingerprint density at radius 3 is 2.16 bits per heavy atom. The van der Waals surface area contributed by atoms with E-state index in [0.717, 1.165) is 13.8 Å². The fourth-order valence-corrected chi connectivity index (χ4v) is 9.27. The number of fused-ring (bicyclic) bond motifs is 5. The molecule has 2 saturated carbocycles. The van der Waals surface area contributed by atoms with Crippen molar-refractivity contribution in [2.75, 3.05) is 13.2 Å². The predicted molar refractivity (Wildman–Crippen MR) is 199 cm³/mol. The molecular weight excluding hydrogens is 758 g/mol. The number of aliphatic hydroxyl groups is 3. The van der Waals surface area contributed by atoms with Gasteiger partial charge in [0, 0.05) is 32.1 Å². The molecular formula is C42H49NO15. The lowest BCUT2D eigenvalue weighted by atomic mass is 9.44. The smallest absolute Gasteiger partial charge is 0.407 e. The van der Waals surface area contributed by atoms with E-state index in [1.807, 2.05) is 0 Å². The van der Waals surface area contributed by atoms with E-state index in [9.17, 15) is 39.3 Å². The summed E-state index contributed by atoms with van der Waals surface area (Å²) in [5, 5.41) is 38.6. The van der Waals surface area contributed by atoms with Crippen LogP contribution in [0.15, 0.2) is 71.8 Å². The van der Waals surface area contributed by atoms with Crippen molar-refractivity contribution in [2.45, 2.75) is 109 Å². The third kappa shape index (κ3) is 7.27. The van der Waals surface area contributed by atoms with Crippen molar-refractivity contribution in [3.63, 3.8) is 0 Å². The Bertz CT molecular complexity index is 1980. The second-order valence-electron chi connectivity index (χ2n) is 16.1. The van der Waals surface area contributed by atoms with Crippen LogP contribution in [0, 0.1) is 16.7 Å². The zero-order valence-electron chi connectivity index (χ0n) is 33.1. The topological polar surface area (TPSA) is 231 Å². The van der Waals surface area contributed by atoms with Crippen LogP contribution >= 0.6 is 0 Å². The zero-order chi connectivity index (χ0) is 42.4. The van der Waals surface area contributed by atoms with E-state index < -0.39 is 113 Å². The van der Waals surface area contributed by atoms with Crippen LogP contribution in [0.25, 0.3) is 0 Å². The third-order valence-electron chi connectivity index (χ3n) is 12.4. The highest BCUT2D eigenvalue weighted by Gasteiger charge is 2.78. The Kier molecular flexibility index (Phi) is 11.6. The molecule has 0 spiro atoms. The molecule has 1 aliphatic heterocycles. The van der Waals surface area contributed by atoms with E-state index in [-0.39, 0.29) is 36.3 Å². The average Bonchev–Trinajstić information content (AvgIpc) is 3.17. The van der Waals surface area contributed by atoms with Crippen LogP contribution < -0.4 is 5.32 Å². The first-order valence-electron chi connectivity index (χ1n) is 19.0. The molecule has 6 rings (SSSR count). The van der Waals surface area contributed by atoms with Gasteiger partial charge in [-0.3, -0.25) is 14.4 Å². The van der Waals surface area contributed by atoms with Crippen molar-refractivity contribution in [3.05, 3.63) is 82.9 Å². The minimum Gasteiger partial charge on any atom is -0.456 e. The molecule has 1 amide bonds. The summed E-state index contributed by atoms with van der Waals surface area (Å²) in [7, 11) is 0. The number of benzene rings is 2. The first-order chi connectivity index (χ1) is 27.3. The molecule has 4 aliphatic rings. The van der Waals surface area contributed by atoms with Crippen LogP contribution in [0.5, 0.6) is 0 Å². The van der Waals surface area contributed by atoms with Crippen molar-refractivity contribution < 1.29 is 72.5 Å². The summed E-state index contributed by atoms with van der Waals surface area (Å²) in [5.74, 6) is -6.24. The molecule has 16 nitrogen and oxygen atoms in total. The van der Waals surface area contributed by atoms with E-state index in [1.165, 1.54) is 26.0 Å².